The van der Waals surface area contributed by atoms with Gasteiger partial charge in [0.2, 0.25) is 0 Å². The van der Waals surface area contributed by atoms with Gasteiger partial charge in [-0.15, -0.1) is 34.4 Å². The van der Waals surface area contributed by atoms with Crippen LogP contribution in [0.25, 0.3) is 10.1 Å². The lowest BCUT2D eigenvalue weighted by atomic mass is 10.2. The fraction of sp³-hybridized carbons (Fsp3) is 0.0714. The molecule has 0 saturated heterocycles. The number of hydrogen-bond acceptors (Lipinski definition) is 4. The Bertz CT molecular complexity index is 776. The maximum atomic E-state index is 10.8. The first-order valence-electron chi connectivity index (χ1n) is 5.75. The monoisotopic (exact) mass is 340 g/mol. The zero-order chi connectivity index (χ0) is 14.1. The molecule has 0 saturated carbocycles. The molecule has 2 aromatic heterocycles. The van der Waals surface area contributed by atoms with Crippen LogP contribution in [-0.4, -0.2) is 11.1 Å². The first-order chi connectivity index (χ1) is 9.65. The maximum Gasteiger partial charge on any atom is 0.345 e. The second kappa shape index (κ2) is 5.77. The molecular weight excluding hydrogens is 332 g/mol. The third-order valence-electron chi connectivity index (χ3n) is 2.76. The highest BCUT2D eigenvalue weighted by Gasteiger charge is 2.12. The summed E-state index contributed by atoms with van der Waals surface area (Å²) in [6.45, 7) is 0. The van der Waals surface area contributed by atoms with Crippen molar-refractivity contribution in [2.75, 3.05) is 0 Å². The Kier molecular flexibility index (Phi) is 4.03. The minimum Gasteiger partial charge on any atom is -0.477 e. The minimum absolute atomic E-state index is 0.370. The van der Waals surface area contributed by atoms with Crippen LogP contribution in [0, 0.1) is 0 Å². The smallest absolute Gasteiger partial charge is 0.345 e. The Morgan fingerprint density at radius 2 is 2.15 bits per heavy atom. The molecule has 3 rings (SSSR count). The van der Waals surface area contributed by atoms with Crippen LogP contribution in [0.4, 0.5) is 0 Å². The number of halogens is 1. The highest BCUT2D eigenvalue weighted by molar-refractivity contribution is 7.98. The van der Waals surface area contributed by atoms with Gasteiger partial charge >= 0.3 is 5.97 Å². The van der Waals surface area contributed by atoms with Crippen molar-refractivity contribution in [3.8, 4) is 0 Å². The fourth-order valence-corrected chi connectivity index (χ4v) is 5.34. The van der Waals surface area contributed by atoms with Crippen LogP contribution in [-0.2, 0) is 5.75 Å². The predicted octanol–water partition coefficient (Wildman–Crippen LogP) is 5.61. The molecule has 0 fully saturated rings. The highest BCUT2D eigenvalue weighted by Crippen LogP contribution is 2.39. The average molecular weight is 341 g/mol. The molecule has 0 atom stereocenters. The van der Waals surface area contributed by atoms with Crippen molar-refractivity contribution in [2.24, 2.45) is 0 Å². The average Bonchev–Trinajstić information content (AvgIpc) is 3.03. The van der Waals surface area contributed by atoms with Crippen molar-refractivity contribution in [3.05, 3.63) is 50.5 Å². The Labute approximate surface area is 133 Å². The van der Waals surface area contributed by atoms with Gasteiger partial charge in [0, 0.05) is 31.0 Å². The largest absolute Gasteiger partial charge is 0.477 e. The van der Waals surface area contributed by atoms with E-state index in [2.05, 4.69) is 6.07 Å². The predicted molar refractivity (Wildman–Crippen MR) is 87.7 cm³/mol. The Morgan fingerprint density at radius 1 is 1.35 bits per heavy atom. The zero-order valence-corrected chi connectivity index (χ0v) is 13.3. The number of fused-ring (bicyclic) bond motifs is 1. The lowest BCUT2D eigenvalue weighted by Crippen LogP contribution is -1.89. The number of rotatable bonds is 4. The number of thioether (sulfide) groups is 1. The van der Waals surface area contributed by atoms with Crippen molar-refractivity contribution < 1.29 is 9.90 Å². The number of aromatic carboxylic acids is 1. The highest BCUT2D eigenvalue weighted by atomic mass is 35.5. The van der Waals surface area contributed by atoms with E-state index in [0.29, 0.717) is 4.88 Å². The lowest BCUT2D eigenvalue weighted by Gasteiger charge is -1.96. The molecule has 0 spiro atoms. The fourth-order valence-electron chi connectivity index (χ4n) is 1.81. The molecule has 3 aromatic rings. The number of thiophene rings is 2. The van der Waals surface area contributed by atoms with Gasteiger partial charge < -0.3 is 5.11 Å². The van der Waals surface area contributed by atoms with Crippen molar-refractivity contribution >= 4 is 62.1 Å². The molecule has 0 amide bonds. The van der Waals surface area contributed by atoms with Crippen LogP contribution < -0.4 is 0 Å². The first-order valence-corrected chi connectivity index (χ1v) is 8.81. The van der Waals surface area contributed by atoms with E-state index in [0.717, 1.165) is 25.9 Å². The summed E-state index contributed by atoms with van der Waals surface area (Å²) in [7, 11) is 0. The number of carboxylic acids is 1. The molecule has 20 heavy (non-hydrogen) atoms. The van der Waals surface area contributed by atoms with Crippen LogP contribution >= 0.6 is 46.0 Å². The molecule has 1 aromatic carbocycles. The van der Waals surface area contributed by atoms with Gasteiger partial charge in [-0.05, 0) is 12.1 Å². The van der Waals surface area contributed by atoms with Gasteiger partial charge in [-0.1, -0.05) is 29.8 Å². The van der Waals surface area contributed by atoms with Crippen LogP contribution in [0.3, 0.4) is 0 Å². The SMILES string of the molecule is O=C(O)c1cc(SCc2sc3ccccc3c2Cl)cs1. The molecule has 102 valence electrons. The summed E-state index contributed by atoms with van der Waals surface area (Å²) >= 11 is 10.9. The standard InChI is InChI=1S/C14H9ClO2S3/c15-13-9-3-1-2-4-10(9)20-12(13)7-18-8-5-11(14(16)17)19-6-8/h1-6H,7H2,(H,16,17). The number of carbonyl (C=O) groups is 1. The summed E-state index contributed by atoms with van der Waals surface area (Å²) in [6, 6.07) is 9.78. The van der Waals surface area contributed by atoms with Gasteiger partial charge in [0.15, 0.2) is 0 Å². The van der Waals surface area contributed by atoms with Crippen molar-refractivity contribution in [3.63, 3.8) is 0 Å². The normalized spacial score (nSPS) is 11.1. The zero-order valence-electron chi connectivity index (χ0n) is 10.1. The molecule has 6 heteroatoms. The minimum atomic E-state index is -0.873. The van der Waals surface area contributed by atoms with Crippen molar-refractivity contribution in [1.82, 2.24) is 0 Å². The van der Waals surface area contributed by atoms with Crippen LogP contribution in [0.5, 0.6) is 0 Å². The van der Waals surface area contributed by atoms with E-state index in [1.165, 1.54) is 16.0 Å². The van der Waals surface area contributed by atoms with E-state index in [1.54, 1.807) is 29.2 Å². The van der Waals surface area contributed by atoms with Gasteiger partial charge in [-0.2, -0.15) is 0 Å². The summed E-state index contributed by atoms with van der Waals surface area (Å²) in [6.07, 6.45) is 0. The first kappa shape index (κ1) is 13.9. The molecule has 0 unspecified atom stereocenters. The van der Waals surface area contributed by atoms with E-state index in [-0.39, 0.29) is 0 Å². The van der Waals surface area contributed by atoms with Gasteiger partial charge in [0.1, 0.15) is 4.88 Å². The molecule has 0 bridgehead atoms. The molecular formula is C14H9ClO2S3. The topological polar surface area (TPSA) is 37.3 Å². The summed E-state index contributed by atoms with van der Waals surface area (Å²) in [4.78, 5) is 13.3. The van der Waals surface area contributed by atoms with Gasteiger partial charge in [-0.25, -0.2) is 4.79 Å². The van der Waals surface area contributed by atoms with Crippen molar-refractivity contribution in [1.29, 1.82) is 0 Å². The molecule has 2 heterocycles. The Balaban J connectivity index is 1.79. The molecule has 0 aliphatic heterocycles. The van der Waals surface area contributed by atoms with E-state index < -0.39 is 5.97 Å². The maximum absolute atomic E-state index is 10.8. The second-order valence-electron chi connectivity index (χ2n) is 4.08. The molecule has 2 nitrogen and oxygen atoms in total. The molecule has 0 radical (unpaired) electrons. The van der Waals surface area contributed by atoms with E-state index in [9.17, 15) is 4.79 Å². The third-order valence-corrected chi connectivity index (χ3v) is 6.72. The lowest BCUT2D eigenvalue weighted by molar-refractivity contribution is 0.0702. The van der Waals surface area contributed by atoms with Gasteiger partial charge in [0.25, 0.3) is 0 Å². The Morgan fingerprint density at radius 3 is 2.85 bits per heavy atom. The summed E-state index contributed by atoms with van der Waals surface area (Å²) in [5.74, 6) is -0.115. The van der Waals surface area contributed by atoms with E-state index in [1.807, 2.05) is 23.6 Å². The summed E-state index contributed by atoms with van der Waals surface area (Å²) in [5.41, 5.74) is 0. The molecule has 0 aliphatic rings. The number of carboxylic acid groups (broad SMARTS) is 1. The van der Waals surface area contributed by atoms with Gasteiger partial charge in [-0.3, -0.25) is 0 Å². The molecule has 1 N–H and O–H groups in total. The van der Waals surface area contributed by atoms with E-state index >= 15 is 0 Å². The number of benzene rings is 1. The van der Waals surface area contributed by atoms with E-state index in [4.69, 9.17) is 16.7 Å². The third kappa shape index (κ3) is 2.72. The van der Waals surface area contributed by atoms with Crippen LogP contribution in [0.1, 0.15) is 14.5 Å². The number of hydrogen-bond donors (Lipinski definition) is 1. The second-order valence-corrected chi connectivity index (χ2v) is 7.55. The van der Waals surface area contributed by atoms with Crippen LogP contribution in [0.15, 0.2) is 40.6 Å². The summed E-state index contributed by atoms with van der Waals surface area (Å²) < 4.78 is 1.18. The summed E-state index contributed by atoms with van der Waals surface area (Å²) in [5, 5.41) is 12.7. The van der Waals surface area contributed by atoms with Crippen LogP contribution in [0.2, 0.25) is 5.02 Å². The van der Waals surface area contributed by atoms with Crippen molar-refractivity contribution in [2.45, 2.75) is 10.6 Å². The van der Waals surface area contributed by atoms with Gasteiger partial charge in [0.05, 0.1) is 5.02 Å². The quantitative estimate of drug-likeness (QED) is 0.627. The molecule has 0 aliphatic carbocycles. The Hall–Kier alpha value is -1.01.